The highest BCUT2D eigenvalue weighted by molar-refractivity contribution is 14.1. The number of aliphatic hydroxyl groups excluding tert-OH is 1. The smallest absolute Gasteiger partial charge is 0.305 e. The van der Waals surface area contributed by atoms with E-state index in [9.17, 15) is 14.0 Å². The summed E-state index contributed by atoms with van der Waals surface area (Å²) in [6.07, 6.45) is 7.72. The van der Waals surface area contributed by atoms with Gasteiger partial charge < -0.3 is 39.4 Å². The van der Waals surface area contributed by atoms with Gasteiger partial charge in [-0.3, -0.25) is 14.0 Å². The number of hydrogen-bond donors (Lipinski definition) is 3. The van der Waals surface area contributed by atoms with Crippen LogP contribution in [0.15, 0.2) is 0 Å². The molecule has 0 aliphatic heterocycles. The molecule has 0 bridgehead atoms. The van der Waals surface area contributed by atoms with Crippen molar-refractivity contribution in [3.05, 3.63) is 0 Å². The summed E-state index contributed by atoms with van der Waals surface area (Å²) in [5, 5.41) is 7.00. The molecule has 0 atom stereocenters. The number of alkyl halides is 4. The van der Waals surface area contributed by atoms with Gasteiger partial charge >= 0.3 is 11.9 Å². The molecule has 0 aliphatic rings. The summed E-state index contributed by atoms with van der Waals surface area (Å²) in [4.78, 5) is 23.8. The Morgan fingerprint density at radius 1 is 0.875 bits per heavy atom. The molecular weight excluding hydrogens is 866 g/mol. The zero-order chi connectivity index (χ0) is 42.3. The minimum absolute atomic E-state index is 0. The highest BCUT2D eigenvalue weighted by Gasteiger charge is 2.04. The summed E-state index contributed by atoms with van der Waals surface area (Å²) < 4.78 is 31.6. The summed E-state index contributed by atoms with van der Waals surface area (Å²) >= 11 is 15.0. The van der Waals surface area contributed by atoms with Crippen LogP contribution in [0.5, 0.6) is 0 Å². The molecule has 0 unspecified atom stereocenters. The molecule has 0 aromatic heterocycles. The van der Waals surface area contributed by atoms with E-state index < -0.39 is 0 Å². The number of hydrogen-bond acceptors (Lipinski definition) is 12. The molecule has 0 aliphatic carbocycles. The van der Waals surface area contributed by atoms with Crippen LogP contribution in [0.3, 0.4) is 0 Å². The van der Waals surface area contributed by atoms with E-state index in [1.54, 1.807) is 53.4 Å². The summed E-state index contributed by atoms with van der Waals surface area (Å²) in [5.41, 5.74) is 4.54. The summed E-state index contributed by atoms with van der Waals surface area (Å²) in [6.45, 7) is 18.6. The van der Waals surface area contributed by atoms with Crippen molar-refractivity contribution in [3.63, 3.8) is 0 Å². The molecule has 0 amide bonds. The Kier molecular flexibility index (Phi) is 320. The molecule has 16 heteroatoms. The molecule has 0 heterocycles. The number of thioether (sulfide) groups is 1. The van der Waals surface area contributed by atoms with E-state index in [0.717, 1.165) is 26.8 Å². The number of ether oxygens (including phenoxy) is 5. The number of esters is 2. The van der Waals surface area contributed by atoms with Crippen LogP contribution in [0.4, 0.5) is 4.39 Å². The van der Waals surface area contributed by atoms with Gasteiger partial charge in [0, 0.05) is 61.9 Å². The van der Waals surface area contributed by atoms with E-state index in [1.165, 1.54) is 34.6 Å². The topological polar surface area (TPSA) is 130 Å². The third-order valence-corrected chi connectivity index (χ3v) is 2.78. The minimum atomic E-state index is -0.245. The number of carbonyl (C=O) groups excluding carboxylic acids is 2. The Labute approximate surface area is 339 Å². The predicted octanol–water partition coefficient (Wildman–Crippen LogP) is 8.90. The quantitative estimate of drug-likeness (QED) is 0.108. The standard InChI is InChI=1S/C5H13N.C5H12O.C4H8O2.C3H6O2.C3H8O.C2H6O.C2H6S.CH3Br.CH3Cl.CH3F.CH3I.CH5N.CH4O.CH4S.CH4/c1-4-6(3)5-2;1-5(2,3)6-4;1-3-4(5)6-2;1-3(4)5-2;1-3-4-2;2*1-3-2;7*1-2;/h4-5H2,1-3H3;1-4H3;3H2,1-2H3;1-2H3;3H2,1-2H3;2*1-2H3;4*1H3;2H2,1H3;2*2H,1H3;1H4. The molecule has 0 saturated heterocycles. The second kappa shape index (κ2) is 157. The zero-order valence-electron chi connectivity index (χ0n) is 35.0. The van der Waals surface area contributed by atoms with Gasteiger partial charge in [0.05, 0.1) is 27.0 Å². The number of halogens is 4. The van der Waals surface area contributed by atoms with Crippen LogP contribution < -0.4 is 5.73 Å². The Balaban J connectivity index is -0.0000000193. The lowest BCUT2D eigenvalue weighted by molar-refractivity contribution is -0.140. The molecule has 0 aromatic carbocycles. The van der Waals surface area contributed by atoms with E-state index in [-0.39, 0.29) is 25.0 Å². The first-order valence-electron chi connectivity index (χ1n) is 13.8. The summed E-state index contributed by atoms with van der Waals surface area (Å²) in [5.74, 6) is 1.41. The van der Waals surface area contributed by atoms with Crippen LogP contribution in [0.25, 0.3) is 0 Å². The lowest BCUT2D eigenvalue weighted by atomic mass is 10.2. The highest BCUT2D eigenvalue weighted by Crippen LogP contribution is 2.02. The number of rotatable bonds is 4. The highest BCUT2D eigenvalue weighted by atomic mass is 127. The lowest BCUT2D eigenvalue weighted by Crippen LogP contribution is -2.15. The number of nitrogens with zero attached hydrogens (tertiary/aromatic N) is 1. The molecule has 0 fully saturated rings. The lowest BCUT2D eigenvalue weighted by Gasteiger charge is -2.14. The third-order valence-electron chi connectivity index (χ3n) is 2.78. The first-order valence-corrected chi connectivity index (χ1v) is 20.8. The van der Waals surface area contributed by atoms with Crippen molar-refractivity contribution in [1.29, 1.82) is 0 Å². The van der Waals surface area contributed by atoms with Crippen LogP contribution in [0, 0.1) is 0 Å². The monoisotopic (exact) mass is 952 g/mol. The van der Waals surface area contributed by atoms with E-state index in [4.69, 9.17) is 9.84 Å². The van der Waals surface area contributed by atoms with Crippen LogP contribution in [0.1, 0.15) is 69.2 Å². The number of carbonyl (C=O) groups is 2. The average Bonchev–Trinajstić information content (AvgIpc) is 3.14. The molecule has 3 N–H and O–H groups in total. The van der Waals surface area contributed by atoms with Crippen molar-refractivity contribution in [2.45, 2.75) is 74.8 Å². The molecule has 0 aromatic rings. The minimum Gasteiger partial charge on any atom is -0.469 e. The normalized spacial score (nSPS) is 6.67. The van der Waals surface area contributed by atoms with Crippen LogP contribution >= 0.6 is 74.5 Å². The van der Waals surface area contributed by atoms with E-state index in [2.05, 4.69) is 113 Å². The van der Waals surface area contributed by atoms with Gasteiger partial charge in [-0.1, -0.05) is 66.7 Å². The van der Waals surface area contributed by atoms with Crippen molar-refractivity contribution in [3.8, 4) is 0 Å². The van der Waals surface area contributed by atoms with Crippen molar-refractivity contribution in [2.24, 2.45) is 5.73 Å². The molecule has 0 spiro atoms. The van der Waals surface area contributed by atoms with Crippen LogP contribution in [-0.4, -0.2) is 154 Å². The van der Waals surface area contributed by atoms with Crippen LogP contribution in [0.2, 0.25) is 0 Å². The average molecular weight is 954 g/mol. The van der Waals surface area contributed by atoms with Gasteiger partial charge in [0.1, 0.15) is 0 Å². The van der Waals surface area contributed by atoms with E-state index >= 15 is 0 Å². The van der Waals surface area contributed by atoms with Gasteiger partial charge in [0.15, 0.2) is 0 Å². The number of nitrogens with two attached hydrogens (primary N) is 1. The molecule has 10 nitrogen and oxygen atoms in total. The van der Waals surface area contributed by atoms with Crippen molar-refractivity contribution < 1.29 is 42.8 Å². The van der Waals surface area contributed by atoms with Gasteiger partial charge in [-0.25, -0.2) is 0 Å². The molecule has 0 radical (unpaired) electrons. The molecule has 314 valence electrons. The fraction of sp³-hybridized carbons (Fsp3) is 0.938. The number of methoxy groups -OCH3 is 5. The molecule has 0 rings (SSSR count). The predicted molar refractivity (Wildman–Crippen MR) is 239 cm³/mol. The Morgan fingerprint density at radius 2 is 1.04 bits per heavy atom. The fourth-order valence-corrected chi connectivity index (χ4v) is 0.368. The SMILES string of the molecule is C.CBr.CCC(=O)OC.CCN(C)CC.CCOC.CCl.CF.CI.CN.CO.COC.COC(C)(C)C.COC(C)=O.CS.CSC. The number of aliphatic hydroxyl groups is 1. The van der Waals surface area contributed by atoms with Gasteiger partial charge in [-0.15, -0.1) is 11.6 Å². The van der Waals surface area contributed by atoms with Gasteiger partial charge in [0.25, 0.3) is 0 Å². The largest absolute Gasteiger partial charge is 0.469 e. The third kappa shape index (κ3) is 447. The van der Waals surface area contributed by atoms with Crippen molar-refractivity contribution >= 4 is 86.5 Å². The maximum absolute atomic E-state index is 9.96. The summed E-state index contributed by atoms with van der Waals surface area (Å²) in [7, 11) is 14.5. The van der Waals surface area contributed by atoms with Crippen molar-refractivity contribution in [2.75, 3.05) is 127 Å². The maximum Gasteiger partial charge on any atom is 0.305 e. The van der Waals surface area contributed by atoms with Gasteiger partial charge in [0.2, 0.25) is 0 Å². The van der Waals surface area contributed by atoms with E-state index in [0.29, 0.717) is 13.6 Å². The molecule has 48 heavy (non-hydrogen) atoms. The fourth-order valence-electron chi connectivity index (χ4n) is 0.368. The summed E-state index contributed by atoms with van der Waals surface area (Å²) in [6, 6.07) is 0. The zero-order valence-corrected chi connectivity index (χ0v) is 41.2. The first kappa shape index (κ1) is 97.6. The molecule has 0 saturated carbocycles. The Hall–Kier alpha value is 0.830. The maximum atomic E-state index is 9.96. The first-order chi connectivity index (χ1) is 22.2. The van der Waals surface area contributed by atoms with Gasteiger partial charge in [-0.2, -0.15) is 24.4 Å². The van der Waals surface area contributed by atoms with E-state index in [1.807, 2.05) is 51.0 Å². The second-order valence-corrected chi connectivity index (χ2v) is 7.64. The second-order valence-electron chi connectivity index (χ2n) is 6.82. The van der Waals surface area contributed by atoms with Gasteiger partial charge in [-0.05, 0) is 84.4 Å². The Morgan fingerprint density at radius 3 is 1.04 bits per heavy atom. The van der Waals surface area contributed by atoms with Crippen LogP contribution in [-0.2, 0) is 33.3 Å². The molecular formula is C32H88BrClFIN2O8S2. The Bertz CT molecular complexity index is 356. The van der Waals surface area contributed by atoms with Crippen molar-refractivity contribution in [1.82, 2.24) is 4.90 Å². The number of thiol groups is 1.